The summed E-state index contributed by atoms with van der Waals surface area (Å²) in [6.45, 7) is 4.17. The van der Waals surface area contributed by atoms with E-state index in [0.717, 1.165) is 50.1 Å². The number of carbonyl (C=O) groups excluding carboxylic acids is 3. The third-order valence-electron chi connectivity index (χ3n) is 10.1. The molecule has 1 aliphatic carbocycles. The van der Waals surface area contributed by atoms with Gasteiger partial charge in [-0.1, -0.05) is 31.0 Å². The Morgan fingerprint density at radius 1 is 1.00 bits per heavy atom. The predicted octanol–water partition coefficient (Wildman–Crippen LogP) is 5.95. The third-order valence-corrected chi connectivity index (χ3v) is 11.4. The fourth-order valence-electron chi connectivity index (χ4n) is 7.79. The van der Waals surface area contributed by atoms with E-state index in [9.17, 15) is 19.5 Å². The summed E-state index contributed by atoms with van der Waals surface area (Å²) in [6.07, 6.45) is 7.35. The van der Waals surface area contributed by atoms with Crippen LogP contribution in [0.15, 0.2) is 45.3 Å². The van der Waals surface area contributed by atoms with Gasteiger partial charge in [-0.05, 0) is 86.9 Å². The average Bonchev–Trinajstić information content (AvgIpc) is 3.53. The number of piperidine rings is 1. The molecular weight excluding hydrogens is 706 g/mol. The number of urea groups is 1. The smallest absolute Gasteiger partial charge is 0.411 e. The van der Waals surface area contributed by atoms with Crippen molar-refractivity contribution in [2.45, 2.75) is 75.7 Å². The number of hydrogen-bond acceptors (Lipinski definition) is 7. The molecule has 2 aromatic carbocycles. The number of phenolic OH excluding ortho intramolecular Hbond substituents is 1. The van der Waals surface area contributed by atoms with Crippen LogP contribution in [0.1, 0.15) is 56.1 Å². The second-order valence-electron chi connectivity index (χ2n) is 12.6. The summed E-state index contributed by atoms with van der Waals surface area (Å²) in [5.74, 6) is 0.0783. The van der Waals surface area contributed by atoms with Crippen molar-refractivity contribution >= 4 is 56.0 Å². The Balaban J connectivity index is 1.25. The van der Waals surface area contributed by atoms with Crippen molar-refractivity contribution in [2.75, 3.05) is 44.6 Å². The first-order valence-corrected chi connectivity index (χ1v) is 17.6. The highest BCUT2D eigenvalue weighted by atomic mass is 79.9. The Hall–Kier alpha value is -2.67. The number of carbonyl (C=O) groups is 3. The summed E-state index contributed by atoms with van der Waals surface area (Å²) in [4.78, 5) is 48.5. The van der Waals surface area contributed by atoms with Crippen LogP contribution in [-0.4, -0.2) is 100 Å². The molecule has 10 nitrogen and oxygen atoms in total. The Kier molecular flexibility index (Phi) is 10.0. The molecule has 3 aliphatic heterocycles. The van der Waals surface area contributed by atoms with Gasteiger partial charge in [0.25, 0.3) is 0 Å². The normalized spacial score (nSPS) is 25.0. The molecule has 3 fully saturated rings. The van der Waals surface area contributed by atoms with E-state index in [2.05, 4.69) is 47.0 Å². The van der Waals surface area contributed by atoms with Gasteiger partial charge in [-0.2, -0.15) is 0 Å². The molecule has 242 valence electrons. The molecule has 2 saturated heterocycles. The van der Waals surface area contributed by atoms with Gasteiger partial charge >= 0.3 is 12.1 Å². The number of amides is 3. The van der Waals surface area contributed by atoms with Crippen molar-refractivity contribution in [3.05, 3.63) is 56.5 Å². The van der Waals surface area contributed by atoms with Gasteiger partial charge < -0.3 is 24.9 Å². The Labute approximate surface area is 281 Å². The maximum atomic E-state index is 14.0. The molecule has 0 unspecified atom stereocenters. The van der Waals surface area contributed by atoms with Crippen LogP contribution < -0.4 is 5.32 Å². The first-order valence-electron chi connectivity index (χ1n) is 16.0. The summed E-state index contributed by atoms with van der Waals surface area (Å²) in [5.41, 5.74) is 1.73. The van der Waals surface area contributed by atoms with Crippen LogP contribution >= 0.6 is 31.9 Å². The van der Waals surface area contributed by atoms with Gasteiger partial charge in [0, 0.05) is 69.9 Å². The van der Waals surface area contributed by atoms with Gasteiger partial charge in [-0.25, -0.2) is 9.59 Å². The summed E-state index contributed by atoms with van der Waals surface area (Å²) in [6, 6.07) is 11.6. The van der Waals surface area contributed by atoms with E-state index in [4.69, 9.17) is 4.74 Å². The highest BCUT2D eigenvalue weighted by Crippen LogP contribution is 2.40. The van der Waals surface area contributed by atoms with E-state index in [-0.39, 0.29) is 30.9 Å². The van der Waals surface area contributed by atoms with Crippen LogP contribution in [0.25, 0.3) is 0 Å². The van der Waals surface area contributed by atoms with Crippen molar-refractivity contribution in [3.63, 3.8) is 0 Å². The zero-order valence-electron chi connectivity index (χ0n) is 25.4. The number of benzene rings is 2. The molecule has 12 heteroatoms. The molecule has 3 heterocycles. The Morgan fingerprint density at radius 2 is 1.71 bits per heavy atom. The number of aldehydes is 1. The predicted molar refractivity (Wildman–Crippen MR) is 178 cm³/mol. The van der Waals surface area contributed by atoms with Gasteiger partial charge in [0.1, 0.15) is 24.3 Å². The molecule has 3 amide bonds. The number of rotatable bonds is 7. The number of nitrogens with zero attached hydrogens (tertiary/aromatic N) is 4. The largest absolute Gasteiger partial charge is 0.506 e. The van der Waals surface area contributed by atoms with Crippen LogP contribution in [0.4, 0.5) is 15.3 Å². The minimum atomic E-state index is -0.918. The molecule has 0 spiro atoms. The third kappa shape index (κ3) is 6.75. The topological polar surface area (TPSA) is 106 Å². The standard InChI is InChI=1S/C33H41Br2N5O5/c34-27-19-23(20-28(35)30(27)42)22-45-32(44)40-13-10-26(39-12-9-24-5-1-4-8-29(24)36-31(39)43)21-33(40,11-18-41)38-16-14-37(15-17-38)25-6-2-3-7-25/h1,4-5,8,18-20,25-26,42H,2-3,6-7,9-17,21-22H2,(H,36,43)/t26-,33+/m1/s1. The lowest BCUT2D eigenvalue weighted by Gasteiger charge is -2.57. The molecule has 0 aromatic heterocycles. The molecule has 4 aliphatic rings. The number of phenols is 1. The van der Waals surface area contributed by atoms with E-state index >= 15 is 0 Å². The van der Waals surface area contributed by atoms with E-state index in [0.29, 0.717) is 46.5 Å². The zero-order chi connectivity index (χ0) is 31.6. The number of aromatic hydroxyl groups is 1. The molecule has 45 heavy (non-hydrogen) atoms. The van der Waals surface area contributed by atoms with Crippen LogP contribution in [0.5, 0.6) is 5.75 Å². The van der Waals surface area contributed by atoms with E-state index in [1.165, 1.54) is 25.7 Å². The van der Waals surface area contributed by atoms with Gasteiger partial charge in [0.15, 0.2) is 0 Å². The first-order chi connectivity index (χ1) is 21.8. The van der Waals surface area contributed by atoms with E-state index in [1.54, 1.807) is 17.0 Å². The molecule has 2 atom stereocenters. The SMILES string of the molecule is O=CC[C@@]1(N2CCN(C3CCCC3)CC2)C[C@H](N2CCc3ccccc3NC2=O)CCN1C(=O)OCc1cc(Br)c(O)c(Br)c1. The maximum Gasteiger partial charge on any atom is 0.411 e. The van der Waals surface area contributed by atoms with Crippen LogP contribution in [0.2, 0.25) is 0 Å². The fraction of sp³-hybridized carbons (Fsp3) is 0.545. The number of fused-ring (bicyclic) bond motifs is 1. The van der Waals surface area contributed by atoms with Gasteiger partial charge in [0.2, 0.25) is 0 Å². The van der Waals surface area contributed by atoms with Crippen LogP contribution in [-0.2, 0) is 22.6 Å². The molecule has 2 aromatic rings. The fourth-order valence-corrected chi connectivity index (χ4v) is 9.08. The number of piperazine rings is 1. The van der Waals surface area contributed by atoms with Gasteiger partial charge in [-0.15, -0.1) is 0 Å². The number of likely N-dealkylation sites (tertiary alicyclic amines) is 1. The minimum absolute atomic E-state index is 0.00958. The van der Waals surface area contributed by atoms with Crippen LogP contribution in [0.3, 0.4) is 0 Å². The Morgan fingerprint density at radius 3 is 2.42 bits per heavy atom. The van der Waals surface area contributed by atoms with Crippen molar-refractivity contribution in [1.82, 2.24) is 19.6 Å². The van der Waals surface area contributed by atoms with Crippen molar-refractivity contribution in [1.29, 1.82) is 0 Å². The van der Waals surface area contributed by atoms with Gasteiger partial charge in [0.05, 0.1) is 8.95 Å². The average molecular weight is 748 g/mol. The highest BCUT2D eigenvalue weighted by Gasteiger charge is 2.52. The summed E-state index contributed by atoms with van der Waals surface area (Å²) in [5, 5.41) is 13.2. The van der Waals surface area contributed by atoms with Crippen molar-refractivity contribution < 1.29 is 24.2 Å². The zero-order valence-corrected chi connectivity index (χ0v) is 28.6. The highest BCUT2D eigenvalue weighted by molar-refractivity contribution is 9.11. The summed E-state index contributed by atoms with van der Waals surface area (Å²) in [7, 11) is 0. The first kappa shape index (κ1) is 32.3. The van der Waals surface area contributed by atoms with E-state index < -0.39 is 11.8 Å². The lowest BCUT2D eigenvalue weighted by Crippen LogP contribution is -2.71. The summed E-state index contributed by atoms with van der Waals surface area (Å²) < 4.78 is 6.89. The van der Waals surface area contributed by atoms with E-state index in [1.807, 2.05) is 29.2 Å². The monoisotopic (exact) mass is 745 g/mol. The molecule has 0 radical (unpaired) electrons. The quantitative estimate of drug-likeness (QED) is 0.338. The van der Waals surface area contributed by atoms with Crippen molar-refractivity contribution in [3.8, 4) is 5.75 Å². The number of nitrogens with one attached hydrogen (secondary N) is 1. The number of hydrogen-bond donors (Lipinski definition) is 2. The number of para-hydroxylation sites is 1. The number of anilines is 1. The number of halogens is 2. The molecule has 6 rings (SSSR count). The minimum Gasteiger partial charge on any atom is -0.506 e. The molecule has 2 N–H and O–H groups in total. The van der Waals surface area contributed by atoms with Crippen molar-refractivity contribution in [2.24, 2.45) is 0 Å². The summed E-state index contributed by atoms with van der Waals surface area (Å²) >= 11 is 6.69. The van der Waals surface area contributed by atoms with Gasteiger partial charge in [-0.3, -0.25) is 14.7 Å². The second kappa shape index (κ2) is 14.0. The maximum absolute atomic E-state index is 14.0. The lowest BCUT2D eigenvalue weighted by molar-refractivity contribution is -0.130. The Bertz CT molecular complexity index is 1390. The molecule has 0 bridgehead atoms. The molecular formula is C33H41Br2N5O5. The molecule has 1 saturated carbocycles. The van der Waals surface area contributed by atoms with Crippen LogP contribution in [0, 0.1) is 0 Å². The number of ether oxygens (including phenoxy) is 1. The second-order valence-corrected chi connectivity index (χ2v) is 14.3. The lowest BCUT2D eigenvalue weighted by atomic mass is 9.85.